The number of aromatic hydroxyl groups is 1. The third-order valence-corrected chi connectivity index (χ3v) is 9.63. The normalized spacial score (nSPS) is 17.6. The molecule has 0 bridgehead atoms. The predicted octanol–water partition coefficient (Wildman–Crippen LogP) is 1.89. The summed E-state index contributed by atoms with van der Waals surface area (Å²) in [5.41, 5.74) is -0.868. The molecule has 1 aliphatic rings. The van der Waals surface area contributed by atoms with Gasteiger partial charge in [-0.05, 0) is 42.2 Å². The second-order valence-corrected chi connectivity index (χ2v) is 13.9. The van der Waals surface area contributed by atoms with Gasteiger partial charge in [0.2, 0.25) is 27.5 Å². The summed E-state index contributed by atoms with van der Waals surface area (Å²) in [6.07, 6.45) is 4.49. The molecule has 2 N–H and O–H groups in total. The number of imidazole rings is 1. The van der Waals surface area contributed by atoms with Crippen LogP contribution in [0, 0.1) is 17.7 Å². The number of amides is 2. The van der Waals surface area contributed by atoms with Crippen LogP contribution in [0.15, 0.2) is 34.1 Å². The molecule has 1 fully saturated rings. The van der Waals surface area contributed by atoms with Crippen LogP contribution >= 0.6 is 11.8 Å². The lowest BCUT2D eigenvalue weighted by Crippen LogP contribution is -2.44. The first-order valence-corrected chi connectivity index (χ1v) is 16.2. The minimum Gasteiger partial charge on any atom is -0.501 e. The van der Waals surface area contributed by atoms with E-state index in [-0.39, 0.29) is 35.2 Å². The predicted molar refractivity (Wildman–Crippen MR) is 156 cm³/mol. The van der Waals surface area contributed by atoms with Gasteiger partial charge in [-0.2, -0.15) is 11.8 Å². The van der Waals surface area contributed by atoms with E-state index in [2.05, 4.69) is 24.1 Å². The molecule has 0 spiro atoms. The maximum Gasteiger partial charge on any atom is 0.302 e. The summed E-state index contributed by atoms with van der Waals surface area (Å²) in [4.78, 5) is 45.4. The van der Waals surface area contributed by atoms with Crippen molar-refractivity contribution in [2.75, 3.05) is 33.4 Å². The Hall–Kier alpha value is -3.43. The van der Waals surface area contributed by atoms with Crippen LogP contribution in [0.25, 0.3) is 5.78 Å². The maximum atomic E-state index is 13.9. The molecule has 0 radical (unpaired) electrons. The minimum absolute atomic E-state index is 0.0103. The molecule has 1 aromatic carbocycles. The van der Waals surface area contributed by atoms with E-state index in [9.17, 15) is 32.3 Å². The summed E-state index contributed by atoms with van der Waals surface area (Å²) >= 11 is 1.43. The van der Waals surface area contributed by atoms with Crippen molar-refractivity contribution >= 4 is 39.4 Å². The zero-order chi connectivity index (χ0) is 30.9. The van der Waals surface area contributed by atoms with Crippen molar-refractivity contribution in [1.29, 1.82) is 0 Å². The Morgan fingerprint density at radius 2 is 1.88 bits per heavy atom. The maximum absolute atomic E-state index is 13.9. The lowest BCUT2D eigenvalue weighted by molar-refractivity contribution is -0.134. The molecular weight excluding hydrogens is 587 g/mol. The highest BCUT2D eigenvalue weighted by atomic mass is 32.2. The van der Waals surface area contributed by atoms with Gasteiger partial charge < -0.3 is 19.9 Å². The summed E-state index contributed by atoms with van der Waals surface area (Å²) in [6, 6.07) is 3.14. The molecule has 2 unspecified atom stereocenters. The number of fused-ring (bicyclic) bond motifs is 1. The summed E-state index contributed by atoms with van der Waals surface area (Å²) in [5, 5.41) is 13.2. The van der Waals surface area contributed by atoms with Gasteiger partial charge in [-0.25, -0.2) is 26.5 Å². The van der Waals surface area contributed by atoms with Crippen LogP contribution in [0.3, 0.4) is 0 Å². The molecule has 2 atom stereocenters. The van der Waals surface area contributed by atoms with Crippen molar-refractivity contribution in [3.05, 3.63) is 57.5 Å². The van der Waals surface area contributed by atoms with Gasteiger partial charge in [0.1, 0.15) is 12.4 Å². The van der Waals surface area contributed by atoms with Crippen LogP contribution in [0.2, 0.25) is 0 Å². The van der Waals surface area contributed by atoms with Crippen LogP contribution in [0.4, 0.5) is 4.39 Å². The number of thioether (sulfide) groups is 1. The molecule has 0 aliphatic carbocycles. The zero-order valence-electron chi connectivity index (χ0n) is 24.1. The fraction of sp³-hybridized carbons (Fsp3) is 0.481. The van der Waals surface area contributed by atoms with Crippen LogP contribution in [0.1, 0.15) is 42.0 Å². The van der Waals surface area contributed by atoms with Crippen molar-refractivity contribution < 1.29 is 27.5 Å². The zero-order valence-corrected chi connectivity index (χ0v) is 25.8. The monoisotopic (exact) mass is 622 g/mol. The second kappa shape index (κ2) is 12.4. The van der Waals surface area contributed by atoms with Crippen molar-refractivity contribution in [3.63, 3.8) is 0 Å². The van der Waals surface area contributed by atoms with Gasteiger partial charge in [-0.3, -0.25) is 14.4 Å². The van der Waals surface area contributed by atoms with E-state index in [0.29, 0.717) is 36.4 Å². The number of nitrogens with zero attached hydrogens (tertiary/aromatic N) is 5. The Bertz CT molecular complexity index is 1680. The third kappa shape index (κ3) is 6.32. The summed E-state index contributed by atoms with van der Waals surface area (Å²) in [6.45, 7) is 4.96. The molecule has 3 heterocycles. The van der Waals surface area contributed by atoms with E-state index in [1.807, 2.05) is 6.26 Å². The van der Waals surface area contributed by atoms with Crippen molar-refractivity contribution in [2.24, 2.45) is 11.8 Å². The number of likely N-dealkylation sites (tertiary alicyclic amines) is 1. The third-order valence-electron chi connectivity index (χ3n) is 7.15. The summed E-state index contributed by atoms with van der Waals surface area (Å²) in [7, 11) is -1.45. The number of sulfonamides is 1. The van der Waals surface area contributed by atoms with Gasteiger partial charge in [-0.15, -0.1) is 0 Å². The highest BCUT2D eigenvalue weighted by Gasteiger charge is 2.28. The number of piperidine rings is 1. The Kier molecular flexibility index (Phi) is 9.33. The minimum atomic E-state index is -4.04. The molecule has 2 amide bonds. The summed E-state index contributed by atoms with van der Waals surface area (Å²) < 4.78 is 42.9. The van der Waals surface area contributed by atoms with Gasteiger partial charge in [0.05, 0.1) is 10.6 Å². The standard InChI is InChI=1S/C27H35FN6O6S2/c1-16-8-17(2)12-32(11-16)22(35)14-33-13-20(15-41-5)34-26(38)24(36)23(30-27(33)34)25(37)29-10-18-6-7-19(28)9-21(18)42(39,40)31(3)4/h6-7,9,13,16-17,36H,8,10-12,14-15H2,1-5H3,(H,29,37). The molecule has 228 valence electrons. The highest BCUT2D eigenvalue weighted by Crippen LogP contribution is 2.23. The molecule has 1 aliphatic heterocycles. The van der Waals surface area contributed by atoms with Gasteiger partial charge >= 0.3 is 5.56 Å². The van der Waals surface area contributed by atoms with E-state index in [0.717, 1.165) is 22.9 Å². The first kappa shape index (κ1) is 31.5. The SMILES string of the molecule is CSCc1cn(CC(=O)N2CC(C)CC(C)C2)c2nc(C(=O)NCc3ccc(F)cc3S(=O)(=O)N(C)C)c(O)c(=O)n12. The Labute approximate surface area is 247 Å². The van der Waals surface area contributed by atoms with Gasteiger partial charge in [0.25, 0.3) is 5.91 Å². The molecule has 3 aromatic rings. The lowest BCUT2D eigenvalue weighted by atomic mass is 9.92. The van der Waals surface area contributed by atoms with E-state index in [1.54, 1.807) is 11.1 Å². The number of carbonyl (C=O) groups is 2. The van der Waals surface area contributed by atoms with Crippen molar-refractivity contribution in [3.8, 4) is 5.75 Å². The number of hydrogen-bond donors (Lipinski definition) is 2. The molecule has 12 nitrogen and oxygen atoms in total. The molecule has 15 heteroatoms. The molecule has 42 heavy (non-hydrogen) atoms. The number of carbonyl (C=O) groups excluding carboxylic acids is 2. The quantitative estimate of drug-likeness (QED) is 0.368. The second-order valence-electron chi connectivity index (χ2n) is 10.9. The van der Waals surface area contributed by atoms with Crippen LogP contribution in [-0.2, 0) is 33.7 Å². The number of halogens is 1. The number of benzene rings is 1. The average molecular weight is 623 g/mol. The molecule has 4 rings (SSSR count). The van der Waals surface area contributed by atoms with Gasteiger partial charge in [0, 0.05) is 45.7 Å². The van der Waals surface area contributed by atoms with Gasteiger partial charge in [-0.1, -0.05) is 19.9 Å². The smallest absolute Gasteiger partial charge is 0.302 e. The Morgan fingerprint density at radius 3 is 2.50 bits per heavy atom. The average Bonchev–Trinajstić information content (AvgIpc) is 3.25. The van der Waals surface area contributed by atoms with E-state index in [1.165, 1.54) is 40.9 Å². The van der Waals surface area contributed by atoms with E-state index < -0.39 is 38.8 Å². The highest BCUT2D eigenvalue weighted by molar-refractivity contribution is 7.97. The largest absolute Gasteiger partial charge is 0.501 e. The number of rotatable bonds is 9. The molecular formula is C27H35FN6O6S2. The van der Waals surface area contributed by atoms with Crippen molar-refractivity contribution in [1.82, 2.24) is 28.5 Å². The molecule has 0 saturated carbocycles. The Balaban J connectivity index is 1.68. The van der Waals surface area contributed by atoms with Crippen LogP contribution in [0.5, 0.6) is 5.75 Å². The van der Waals surface area contributed by atoms with Gasteiger partial charge in [0.15, 0.2) is 5.69 Å². The lowest BCUT2D eigenvalue weighted by Gasteiger charge is -2.35. The topological polar surface area (TPSA) is 146 Å². The first-order valence-electron chi connectivity index (χ1n) is 13.3. The number of aromatic nitrogens is 3. The molecule has 2 aromatic heterocycles. The Morgan fingerprint density at radius 1 is 1.21 bits per heavy atom. The van der Waals surface area contributed by atoms with Crippen molar-refractivity contribution in [2.45, 2.75) is 44.0 Å². The first-order chi connectivity index (χ1) is 19.7. The number of hydrogen-bond acceptors (Lipinski definition) is 8. The fourth-order valence-electron chi connectivity index (χ4n) is 5.26. The van der Waals surface area contributed by atoms with Crippen LogP contribution in [-0.4, -0.2) is 81.9 Å². The van der Waals surface area contributed by atoms with E-state index in [4.69, 9.17) is 0 Å². The summed E-state index contributed by atoms with van der Waals surface area (Å²) in [5.74, 6) is -1.66. The number of nitrogens with one attached hydrogen (secondary N) is 1. The van der Waals surface area contributed by atoms with Crippen LogP contribution < -0.4 is 10.9 Å². The molecule has 1 saturated heterocycles. The fourth-order valence-corrected chi connectivity index (χ4v) is 6.88. The van der Waals surface area contributed by atoms with E-state index >= 15 is 0 Å².